The summed E-state index contributed by atoms with van der Waals surface area (Å²) in [6.45, 7) is 7.05. The van der Waals surface area contributed by atoms with E-state index in [2.05, 4.69) is 33.7 Å². The quantitative estimate of drug-likeness (QED) is 0.829. The second-order valence-electron chi connectivity index (χ2n) is 5.42. The van der Waals surface area contributed by atoms with Gasteiger partial charge in [-0.2, -0.15) is 0 Å². The van der Waals surface area contributed by atoms with Gasteiger partial charge in [0.2, 0.25) is 0 Å². The van der Waals surface area contributed by atoms with E-state index in [-0.39, 0.29) is 0 Å². The molecule has 4 heteroatoms. The van der Waals surface area contributed by atoms with Crippen molar-refractivity contribution in [3.05, 3.63) is 18.2 Å². The number of nitrogens with zero attached hydrogens (tertiary/aromatic N) is 3. The molecule has 0 amide bonds. The van der Waals surface area contributed by atoms with Crippen LogP contribution in [0.5, 0.6) is 0 Å². The van der Waals surface area contributed by atoms with Gasteiger partial charge in [-0.3, -0.25) is 0 Å². The van der Waals surface area contributed by atoms with Gasteiger partial charge in [0, 0.05) is 45.0 Å². The summed E-state index contributed by atoms with van der Waals surface area (Å²) in [6.07, 6.45) is 9.05. The van der Waals surface area contributed by atoms with Crippen LogP contribution in [0.25, 0.3) is 0 Å². The van der Waals surface area contributed by atoms with E-state index in [0.717, 1.165) is 18.8 Å². The third-order valence-electron chi connectivity index (χ3n) is 3.74. The molecule has 0 spiro atoms. The summed E-state index contributed by atoms with van der Waals surface area (Å²) < 4.78 is 2.09. The molecule has 1 saturated heterocycles. The lowest BCUT2D eigenvalue weighted by atomic mass is 10.1. The van der Waals surface area contributed by atoms with E-state index < -0.39 is 0 Å². The molecular formula is C14H26N4. The van der Waals surface area contributed by atoms with Crippen molar-refractivity contribution in [2.45, 2.75) is 38.6 Å². The fourth-order valence-corrected chi connectivity index (χ4v) is 2.66. The van der Waals surface area contributed by atoms with Crippen molar-refractivity contribution in [1.29, 1.82) is 0 Å². The normalized spacial score (nSPS) is 19.0. The van der Waals surface area contributed by atoms with E-state index in [4.69, 9.17) is 0 Å². The summed E-state index contributed by atoms with van der Waals surface area (Å²) in [4.78, 5) is 6.93. The van der Waals surface area contributed by atoms with Crippen molar-refractivity contribution in [2.24, 2.45) is 7.05 Å². The van der Waals surface area contributed by atoms with E-state index in [9.17, 15) is 0 Å². The zero-order chi connectivity index (χ0) is 12.8. The van der Waals surface area contributed by atoms with Gasteiger partial charge in [0.1, 0.15) is 5.82 Å². The lowest BCUT2D eigenvalue weighted by Gasteiger charge is -2.29. The van der Waals surface area contributed by atoms with Gasteiger partial charge in [0.25, 0.3) is 0 Å². The van der Waals surface area contributed by atoms with Crippen LogP contribution in [0.2, 0.25) is 0 Å². The molecule has 18 heavy (non-hydrogen) atoms. The Kier molecular flexibility index (Phi) is 5.20. The standard InChI is InChI=1S/C14H26N4/c1-13(12-18-9-4-3-5-10-18)15-7-6-14-16-8-11-17(14)2/h8,11,13,15H,3-7,9-10,12H2,1-2H3. The molecule has 4 nitrogen and oxygen atoms in total. The van der Waals surface area contributed by atoms with Crippen LogP contribution in [0.1, 0.15) is 32.0 Å². The number of aromatic nitrogens is 2. The highest BCUT2D eigenvalue weighted by atomic mass is 15.1. The summed E-state index contributed by atoms with van der Waals surface area (Å²) in [5, 5.41) is 3.60. The maximum absolute atomic E-state index is 4.34. The van der Waals surface area contributed by atoms with Crippen LogP contribution in [0.3, 0.4) is 0 Å². The van der Waals surface area contributed by atoms with E-state index in [1.165, 1.54) is 38.9 Å². The number of rotatable bonds is 6. The number of likely N-dealkylation sites (tertiary alicyclic amines) is 1. The average Bonchev–Trinajstić information content (AvgIpc) is 2.76. The number of aryl methyl sites for hydroxylation is 1. The zero-order valence-electron chi connectivity index (χ0n) is 11.7. The van der Waals surface area contributed by atoms with Crippen LogP contribution in [-0.4, -0.2) is 46.7 Å². The van der Waals surface area contributed by atoms with Gasteiger partial charge in [0.15, 0.2) is 0 Å². The maximum atomic E-state index is 4.34. The largest absolute Gasteiger partial charge is 0.338 e. The van der Waals surface area contributed by atoms with E-state index in [1.807, 2.05) is 12.4 Å². The van der Waals surface area contributed by atoms with Gasteiger partial charge in [-0.15, -0.1) is 0 Å². The molecule has 1 aliphatic rings. The Morgan fingerprint density at radius 1 is 1.33 bits per heavy atom. The lowest BCUT2D eigenvalue weighted by molar-refractivity contribution is 0.209. The van der Waals surface area contributed by atoms with Crippen LogP contribution in [0.15, 0.2) is 12.4 Å². The molecule has 102 valence electrons. The highest BCUT2D eigenvalue weighted by Crippen LogP contribution is 2.08. The van der Waals surface area contributed by atoms with Crippen molar-refractivity contribution in [2.75, 3.05) is 26.2 Å². The number of nitrogens with one attached hydrogen (secondary N) is 1. The maximum Gasteiger partial charge on any atom is 0.109 e. The summed E-state index contributed by atoms with van der Waals surface area (Å²) in [6, 6.07) is 0.573. The monoisotopic (exact) mass is 250 g/mol. The first kappa shape index (κ1) is 13.6. The van der Waals surface area contributed by atoms with Gasteiger partial charge in [-0.1, -0.05) is 6.42 Å². The predicted octanol–water partition coefficient (Wildman–Crippen LogP) is 1.43. The smallest absolute Gasteiger partial charge is 0.109 e. The third-order valence-corrected chi connectivity index (χ3v) is 3.74. The van der Waals surface area contributed by atoms with Crippen molar-refractivity contribution < 1.29 is 0 Å². The SMILES string of the molecule is CC(CN1CCCCC1)NCCc1nccn1C. The second kappa shape index (κ2) is 6.90. The first-order chi connectivity index (χ1) is 8.75. The molecule has 0 radical (unpaired) electrons. The Labute approximate surface area is 110 Å². The molecular weight excluding hydrogens is 224 g/mol. The molecule has 1 aromatic heterocycles. The van der Waals surface area contributed by atoms with Crippen LogP contribution in [0, 0.1) is 0 Å². The second-order valence-corrected chi connectivity index (χ2v) is 5.42. The molecule has 0 saturated carbocycles. The molecule has 1 aromatic rings. The molecule has 0 bridgehead atoms. The van der Waals surface area contributed by atoms with E-state index >= 15 is 0 Å². The molecule has 1 N–H and O–H groups in total. The Morgan fingerprint density at radius 3 is 2.78 bits per heavy atom. The minimum absolute atomic E-state index is 0.573. The van der Waals surface area contributed by atoms with Crippen molar-refractivity contribution >= 4 is 0 Å². The highest BCUT2D eigenvalue weighted by molar-refractivity contribution is 4.91. The van der Waals surface area contributed by atoms with Crippen LogP contribution in [0.4, 0.5) is 0 Å². The number of hydrogen-bond donors (Lipinski definition) is 1. The van der Waals surface area contributed by atoms with E-state index in [0.29, 0.717) is 6.04 Å². The Hall–Kier alpha value is -0.870. The van der Waals surface area contributed by atoms with Gasteiger partial charge in [0.05, 0.1) is 0 Å². The highest BCUT2D eigenvalue weighted by Gasteiger charge is 2.12. The van der Waals surface area contributed by atoms with Crippen molar-refractivity contribution in [3.63, 3.8) is 0 Å². The van der Waals surface area contributed by atoms with Crippen LogP contribution in [-0.2, 0) is 13.5 Å². The summed E-state index contributed by atoms with van der Waals surface area (Å²) in [7, 11) is 2.06. The number of hydrogen-bond acceptors (Lipinski definition) is 3. The topological polar surface area (TPSA) is 33.1 Å². The minimum Gasteiger partial charge on any atom is -0.338 e. The first-order valence-corrected chi connectivity index (χ1v) is 7.17. The Morgan fingerprint density at radius 2 is 2.11 bits per heavy atom. The van der Waals surface area contributed by atoms with Gasteiger partial charge in [-0.05, 0) is 32.9 Å². The molecule has 2 rings (SSSR count). The Bertz CT molecular complexity index is 341. The molecule has 0 aromatic carbocycles. The predicted molar refractivity (Wildman–Crippen MR) is 74.7 cm³/mol. The van der Waals surface area contributed by atoms with Gasteiger partial charge in [-0.25, -0.2) is 4.98 Å². The first-order valence-electron chi connectivity index (χ1n) is 7.17. The van der Waals surface area contributed by atoms with E-state index in [1.54, 1.807) is 0 Å². The summed E-state index contributed by atoms with van der Waals surface area (Å²) >= 11 is 0. The number of imidazole rings is 1. The molecule has 1 unspecified atom stereocenters. The van der Waals surface area contributed by atoms with Crippen LogP contribution >= 0.6 is 0 Å². The Balaban J connectivity index is 1.62. The molecule has 0 aliphatic carbocycles. The summed E-state index contributed by atoms with van der Waals surface area (Å²) in [5.41, 5.74) is 0. The van der Waals surface area contributed by atoms with Crippen molar-refractivity contribution in [1.82, 2.24) is 19.8 Å². The molecule has 1 aliphatic heterocycles. The van der Waals surface area contributed by atoms with Gasteiger partial charge >= 0.3 is 0 Å². The van der Waals surface area contributed by atoms with Crippen LogP contribution < -0.4 is 5.32 Å². The molecule has 2 heterocycles. The van der Waals surface area contributed by atoms with Gasteiger partial charge < -0.3 is 14.8 Å². The fourth-order valence-electron chi connectivity index (χ4n) is 2.66. The van der Waals surface area contributed by atoms with Crippen molar-refractivity contribution in [3.8, 4) is 0 Å². The minimum atomic E-state index is 0.573. The lowest BCUT2D eigenvalue weighted by Crippen LogP contribution is -2.42. The zero-order valence-corrected chi connectivity index (χ0v) is 11.7. The average molecular weight is 250 g/mol. The number of piperidine rings is 1. The fraction of sp³-hybridized carbons (Fsp3) is 0.786. The third kappa shape index (κ3) is 4.10. The summed E-state index contributed by atoms with van der Waals surface area (Å²) in [5.74, 6) is 1.16. The molecule has 1 atom stereocenters. The molecule has 1 fully saturated rings.